The lowest BCUT2D eigenvalue weighted by Gasteiger charge is -2.09. The van der Waals surface area contributed by atoms with Gasteiger partial charge in [0.15, 0.2) is 0 Å². The van der Waals surface area contributed by atoms with Crippen molar-refractivity contribution in [3.8, 4) is 5.75 Å². The summed E-state index contributed by atoms with van der Waals surface area (Å²) in [5.41, 5.74) is 9.47. The van der Waals surface area contributed by atoms with E-state index in [1.165, 1.54) is 17.5 Å². The summed E-state index contributed by atoms with van der Waals surface area (Å²) in [4.78, 5) is 29.0. The SMILES string of the molecule is CC(=NNC(=O)c1cccc(COc2ccc3c(c2)CCC3)c1)c1ccc(NC(=O)c2ccncc2)cc1. The fourth-order valence-electron chi connectivity index (χ4n) is 4.37. The summed E-state index contributed by atoms with van der Waals surface area (Å²) in [6.45, 7) is 2.19. The highest BCUT2D eigenvalue weighted by Crippen LogP contribution is 2.26. The predicted molar refractivity (Wildman–Crippen MR) is 148 cm³/mol. The Morgan fingerprint density at radius 1 is 0.842 bits per heavy atom. The van der Waals surface area contributed by atoms with Gasteiger partial charge in [-0.3, -0.25) is 14.6 Å². The summed E-state index contributed by atoms with van der Waals surface area (Å²) < 4.78 is 5.98. The summed E-state index contributed by atoms with van der Waals surface area (Å²) in [5, 5.41) is 7.10. The zero-order valence-electron chi connectivity index (χ0n) is 21.1. The van der Waals surface area contributed by atoms with Crippen LogP contribution in [-0.4, -0.2) is 22.5 Å². The zero-order valence-corrected chi connectivity index (χ0v) is 21.1. The Hall–Kier alpha value is -4.78. The molecule has 4 aromatic rings. The number of aromatic nitrogens is 1. The van der Waals surface area contributed by atoms with Crippen molar-refractivity contribution in [2.75, 3.05) is 5.32 Å². The van der Waals surface area contributed by atoms with Gasteiger partial charge in [0.2, 0.25) is 0 Å². The molecule has 2 N–H and O–H groups in total. The smallest absolute Gasteiger partial charge is 0.271 e. The van der Waals surface area contributed by atoms with E-state index in [4.69, 9.17) is 4.74 Å². The molecule has 3 aromatic carbocycles. The number of hydrazone groups is 1. The van der Waals surface area contributed by atoms with Crippen LogP contribution < -0.4 is 15.5 Å². The van der Waals surface area contributed by atoms with Crippen molar-refractivity contribution >= 4 is 23.2 Å². The molecule has 1 aliphatic rings. The van der Waals surface area contributed by atoms with Crippen LogP contribution in [0.5, 0.6) is 5.75 Å². The molecule has 0 spiro atoms. The Kier molecular flexibility index (Phi) is 7.54. The van der Waals surface area contributed by atoms with Crippen LogP contribution in [0.4, 0.5) is 5.69 Å². The van der Waals surface area contributed by atoms with E-state index in [0.717, 1.165) is 29.7 Å². The van der Waals surface area contributed by atoms with Crippen LogP contribution in [-0.2, 0) is 19.4 Å². The fraction of sp³-hybridized carbons (Fsp3) is 0.161. The van der Waals surface area contributed by atoms with Crippen molar-refractivity contribution < 1.29 is 14.3 Å². The van der Waals surface area contributed by atoms with Gasteiger partial charge in [-0.05, 0) is 97.0 Å². The fourth-order valence-corrected chi connectivity index (χ4v) is 4.37. The number of nitrogens with zero attached hydrogens (tertiary/aromatic N) is 2. The maximum atomic E-state index is 12.7. The monoisotopic (exact) mass is 504 g/mol. The van der Waals surface area contributed by atoms with Gasteiger partial charge in [0.25, 0.3) is 11.8 Å². The first kappa shape index (κ1) is 24.9. The van der Waals surface area contributed by atoms with Crippen LogP contribution >= 0.6 is 0 Å². The Balaban J connectivity index is 1.16. The third kappa shape index (κ3) is 6.13. The molecule has 38 heavy (non-hydrogen) atoms. The molecule has 1 heterocycles. The minimum Gasteiger partial charge on any atom is -0.489 e. The molecule has 1 aromatic heterocycles. The van der Waals surface area contributed by atoms with Gasteiger partial charge < -0.3 is 10.1 Å². The second-order valence-electron chi connectivity index (χ2n) is 9.18. The lowest BCUT2D eigenvalue weighted by Crippen LogP contribution is -2.19. The molecule has 0 saturated heterocycles. The highest BCUT2D eigenvalue weighted by molar-refractivity contribution is 6.05. The number of hydrogen-bond donors (Lipinski definition) is 2. The molecule has 2 amide bonds. The first-order valence-electron chi connectivity index (χ1n) is 12.6. The number of pyridine rings is 1. The molecule has 0 bridgehead atoms. The second-order valence-corrected chi connectivity index (χ2v) is 9.18. The summed E-state index contributed by atoms with van der Waals surface area (Å²) >= 11 is 0. The largest absolute Gasteiger partial charge is 0.489 e. The van der Waals surface area contributed by atoms with Crippen LogP contribution in [0.3, 0.4) is 0 Å². The van der Waals surface area contributed by atoms with E-state index in [-0.39, 0.29) is 11.8 Å². The molecule has 0 radical (unpaired) electrons. The van der Waals surface area contributed by atoms with Crippen molar-refractivity contribution in [3.05, 3.63) is 125 Å². The number of benzene rings is 3. The highest BCUT2D eigenvalue weighted by Gasteiger charge is 2.12. The van der Waals surface area contributed by atoms with Crippen molar-refractivity contribution in [1.29, 1.82) is 0 Å². The normalized spacial score (nSPS) is 12.5. The number of fused-ring (bicyclic) bond motifs is 1. The van der Waals surface area contributed by atoms with Crippen molar-refractivity contribution in [2.24, 2.45) is 5.10 Å². The van der Waals surface area contributed by atoms with E-state index in [1.807, 2.05) is 43.3 Å². The van der Waals surface area contributed by atoms with Gasteiger partial charge in [0.1, 0.15) is 12.4 Å². The van der Waals surface area contributed by atoms with E-state index >= 15 is 0 Å². The Morgan fingerprint density at radius 2 is 1.63 bits per heavy atom. The van der Waals surface area contributed by atoms with Crippen molar-refractivity contribution in [3.63, 3.8) is 0 Å². The predicted octanol–water partition coefficient (Wildman–Crippen LogP) is 5.56. The molecular weight excluding hydrogens is 476 g/mol. The number of carbonyl (C=O) groups is 2. The molecule has 0 unspecified atom stereocenters. The minimum absolute atomic E-state index is 0.210. The lowest BCUT2D eigenvalue weighted by atomic mass is 10.1. The maximum Gasteiger partial charge on any atom is 0.271 e. The second kappa shape index (κ2) is 11.5. The molecule has 0 saturated carbocycles. The standard InChI is InChI=1S/C31H28N4O3/c1-21(23-8-11-28(12-9-23)33-30(36)25-14-16-32-17-15-25)34-35-31(37)27-7-2-4-22(18-27)20-38-29-13-10-24-5-3-6-26(24)19-29/h2,4,7-19H,3,5-6,20H2,1H3,(H,33,36)(H,35,37). The van der Waals surface area contributed by atoms with Crippen molar-refractivity contribution in [1.82, 2.24) is 10.4 Å². The molecular formula is C31H28N4O3. The number of anilines is 1. The van der Waals surface area contributed by atoms with Gasteiger partial charge in [-0.25, -0.2) is 5.43 Å². The molecule has 5 rings (SSSR count). The van der Waals surface area contributed by atoms with E-state index < -0.39 is 0 Å². The number of carbonyl (C=O) groups excluding carboxylic acids is 2. The van der Waals surface area contributed by atoms with Crippen molar-refractivity contribution in [2.45, 2.75) is 32.8 Å². The molecule has 1 aliphatic carbocycles. The number of nitrogens with one attached hydrogen (secondary N) is 2. The number of amides is 2. The van der Waals surface area contributed by atoms with Crippen LogP contribution in [0.15, 0.2) is 96.4 Å². The molecule has 7 nitrogen and oxygen atoms in total. The lowest BCUT2D eigenvalue weighted by molar-refractivity contribution is 0.0953. The Morgan fingerprint density at radius 3 is 2.45 bits per heavy atom. The Labute approximate surface area is 221 Å². The number of ether oxygens (including phenoxy) is 1. The highest BCUT2D eigenvalue weighted by atomic mass is 16.5. The molecule has 0 fully saturated rings. The van der Waals surface area contributed by atoms with E-state index in [2.05, 4.69) is 33.0 Å². The van der Waals surface area contributed by atoms with Crippen LogP contribution in [0.25, 0.3) is 0 Å². The molecule has 7 heteroatoms. The molecule has 0 atom stereocenters. The van der Waals surface area contributed by atoms with Gasteiger partial charge in [-0.2, -0.15) is 5.10 Å². The van der Waals surface area contributed by atoms with Gasteiger partial charge in [-0.1, -0.05) is 30.3 Å². The zero-order chi connectivity index (χ0) is 26.3. The summed E-state index contributed by atoms with van der Waals surface area (Å²) in [7, 11) is 0. The Bertz CT molecular complexity index is 1480. The third-order valence-corrected chi connectivity index (χ3v) is 6.49. The van der Waals surface area contributed by atoms with Gasteiger partial charge in [0.05, 0.1) is 5.71 Å². The average molecular weight is 505 g/mol. The van der Waals surface area contributed by atoms with E-state index in [1.54, 1.807) is 42.7 Å². The van der Waals surface area contributed by atoms with Gasteiger partial charge in [0, 0.05) is 29.2 Å². The van der Waals surface area contributed by atoms with E-state index in [0.29, 0.717) is 29.1 Å². The van der Waals surface area contributed by atoms with Crippen LogP contribution in [0.2, 0.25) is 0 Å². The molecule has 190 valence electrons. The molecule has 0 aliphatic heterocycles. The number of aryl methyl sites for hydroxylation is 2. The van der Waals surface area contributed by atoms with E-state index in [9.17, 15) is 9.59 Å². The van der Waals surface area contributed by atoms with Gasteiger partial charge in [-0.15, -0.1) is 0 Å². The maximum absolute atomic E-state index is 12.7. The van der Waals surface area contributed by atoms with Crippen LogP contribution in [0, 0.1) is 0 Å². The van der Waals surface area contributed by atoms with Gasteiger partial charge >= 0.3 is 0 Å². The minimum atomic E-state index is -0.301. The summed E-state index contributed by atoms with van der Waals surface area (Å²) in [5.74, 6) is 0.339. The van der Waals surface area contributed by atoms with Crippen LogP contribution in [0.1, 0.15) is 56.3 Å². The quantitative estimate of drug-likeness (QED) is 0.243. The summed E-state index contributed by atoms with van der Waals surface area (Å²) in [6, 6.07) is 24.2. The first-order chi connectivity index (χ1) is 18.5. The summed E-state index contributed by atoms with van der Waals surface area (Å²) in [6.07, 6.45) is 6.60. The third-order valence-electron chi connectivity index (χ3n) is 6.49. The average Bonchev–Trinajstić information content (AvgIpc) is 3.44. The topological polar surface area (TPSA) is 92.7 Å². The number of hydrogen-bond acceptors (Lipinski definition) is 5. The first-order valence-corrected chi connectivity index (χ1v) is 12.6. The number of rotatable bonds is 8.